The molecule has 0 saturated carbocycles. The van der Waals surface area contributed by atoms with E-state index in [4.69, 9.17) is 4.74 Å². The Balaban J connectivity index is 1.38. The number of anilines is 3. The Morgan fingerprint density at radius 2 is 1.40 bits per heavy atom. The van der Waals surface area contributed by atoms with Crippen molar-refractivity contribution in [1.82, 2.24) is 0 Å². The number of thiophene rings is 1. The molecule has 1 heterocycles. The highest BCUT2D eigenvalue weighted by Crippen LogP contribution is 2.40. The molecule has 0 aliphatic rings. The van der Waals surface area contributed by atoms with Crippen molar-refractivity contribution in [2.75, 3.05) is 23.1 Å². The van der Waals surface area contributed by atoms with Crippen LogP contribution in [0.3, 0.4) is 0 Å². The van der Waals surface area contributed by atoms with Gasteiger partial charge in [-0.15, -0.1) is 23.1 Å². The number of hydrogen-bond donors (Lipinski definition) is 3. The van der Waals surface area contributed by atoms with Gasteiger partial charge < -0.3 is 20.7 Å². The van der Waals surface area contributed by atoms with E-state index in [9.17, 15) is 19.2 Å². The van der Waals surface area contributed by atoms with Crippen LogP contribution in [-0.4, -0.2) is 30.8 Å². The minimum Gasteiger partial charge on any atom is -0.465 e. The molecule has 0 aliphatic carbocycles. The fourth-order valence-electron chi connectivity index (χ4n) is 4.66. The van der Waals surface area contributed by atoms with E-state index in [1.807, 2.05) is 72.8 Å². The van der Waals surface area contributed by atoms with Gasteiger partial charge in [0.1, 0.15) is 10.3 Å². The zero-order valence-corrected chi connectivity index (χ0v) is 27.2. The van der Waals surface area contributed by atoms with E-state index in [0.29, 0.717) is 16.9 Å². The van der Waals surface area contributed by atoms with Crippen LogP contribution >= 0.6 is 23.1 Å². The summed E-state index contributed by atoms with van der Waals surface area (Å²) in [5.41, 5.74) is 3.32. The molecule has 236 valence electrons. The van der Waals surface area contributed by atoms with Crippen LogP contribution in [0.15, 0.2) is 126 Å². The summed E-state index contributed by atoms with van der Waals surface area (Å²) < 4.78 is 5.02. The van der Waals surface area contributed by atoms with E-state index in [2.05, 4.69) is 16.0 Å². The predicted molar refractivity (Wildman–Crippen MR) is 189 cm³/mol. The van der Waals surface area contributed by atoms with E-state index in [1.54, 1.807) is 55.5 Å². The molecule has 1 unspecified atom stereocenters. The largest absolute Gasteiger partial charge is 0.465 e. The number of benzene rings is 4. The van der Waals surface area contributed by atoms with Gasteiger partial charge in [0.25, 0.3) is 5.91 Å². The van der Waals surface area contributed by atoms with Crippen molar-refractivity contribution >= 4 is 69.2 Å². The molecule has 3 amide bonds. The number of rotatable bonds is 11. The second-order valence-corrected chi connectivity index (χ2v) is 12.4. The number of nitrogens with one attached hydrogen (secondary N) is 3. The molecule has 0 fully saturated rings. The lowest BCUT2D eigenvalue weighted by Gasteiger charge is -2.17. The molecule has 4 aromatic carbocycles. The summed E-state index contributed by atoms with van der Waals surface area (Å²) in [6, 6.07) is 34.9. The smallest absolute Gasteiger partial charge is 0.341 e. The number of ether oxygens (including phenoxy) is 1. The molecule has 8 nitrogen and oxygen atoms in total. The first-order chi connectivity index (χ1) is 22.8. The fourth-order valence-corrected chi connectivity index (χ4v) is 6.83. The second kappa shape index (κ2) is 15.7. The maximum Gasteiger partial charge on any atom is 0.341 e. The number of hydrogen-bond acceptors (Lipinski definition) is 7. The first kappa shape index (κ1) is 32.9. The Morgan fingerprint density at radius 3 is 2.09 bits per heavy atom. The molecule has 0 bridgehead atoms. The Labute approximate surface area is 280 Å². The average molecular weight is 662 g/mol. The molecule has 0 aliphatic heterocycles. The summed E-state index contributed by atoms with van der Waals surface area (Å²) in [4.78, 5) is 53.7. The first-order valence-electron chi connectivity index (χ1n) is 14.6. The van der Waals surface area contributed by atoms with Gasteiger partial charge in [-0.05, 0) is 60.0 Å². The van der Waals surface area contributed by atoms with Crippen LogP contribution in [0.4, 0.5) is 16.4 Å². The number of para-hydroxylation sites is 1. The van der Waals surface area contributed by atoms with E-state index >= 15 is 0 Å². The Hall–Kier alpha value is -5.45. The standard InChI is InChI=1S/C37H31N3O5S2/c1-24-31(37(44)45-2)36(47-32(24)34(42)39-27-17-10-5-11-18-27)40-35(43)33(26-15-8-4-9-16-26)46-29-20-12-19-28(23-29)38-30(41)22-21-25-13-6-3-7-14-25/h3-23,33H,1-2H3,(H,38,41)(H,39,42)(H,40,43)/b22-21+. The Bertz CT molecular complexity index is 1910. The summed E-state index contributed by atoms with van der Waals surface area (Å²) in [5, 5.41) is 8.08. The van der Waals surface area contributed by atoms with Crippen molar-refractivity contribution in [1.29, 1.82) is 0 Å². The molecule has 0 saturated heterocycles. The van der Waals surface area contributed by atoms with Crippen molar-refractivity contribution in [3.05, 3.63) is 148 Å². The van der Waals surface area contributed by atoms with Crippen molar-refractivity contribution in [3.8, 4) is 0 Å². The van der Waals surface area contributed by atoms with Gasteiger partial charge in [0.05, 0.1) is 17.6 Å². The number of carbonyl (C=O) groups excluding carboxylic acids is 4. The highest BCUT2D eigenvalue weighted by atomic mass is 32.2. The third-order valence-electron chi connectivity index (χ3n) is 6.93. The molecule has 5 rings (SSSR count). The SMILES string of the molecule is COC(=O)c1c(NC(=O)C(Sc2cccc(NC(=O)/C=C/c3ccccc3)c2)c2ccccc2)sc(C(=O)Nc2ccccc2)c1C. The fraction of sp³-hybridized carbons (Fsp3) is 0.0811. The topological polar surface area (TPSA) is 114 Å². The molecule has 0 spiro atoms. The Morgan fingerprint density at radius 1 is 0.766 bits per heavy atom. The van der Waals surface area contributed by atoms with Crippen molar-refractivity contribution < 1.29 is 23.9 Å². The molecule has 3 N–H and O–H groups in total. The lowest BCUT2D eigenvalue weighted by molar-refractivity contribution is -0.116. The lowest BCUT2D eigenvalue weighted by Crippen LogP contribution is -2.20. The van der Waals surface area contributed by atoms with Gasteiger partial charge in [-0.25, -0.2) is 4.79 Å². The van der Waals surface area contributed by atoms with Gasteiger partial charge in [0.2, 0.25) is 11.8 Å². The minimum atomic E-state index is -0.741. The number of thioether (sulfide) groups is 1. The van der Waals surface area contributed by atoms with Crippen LogP contribution in [-0.2, 0) is 14.3 Å². The average Bonchev–Trinajstić information content (AvgIpc) is 3.42. The number of carbonyl (C=O) groups is 4. The monoisotopic (exact) mass is 661 g/mol. The normalized spacial score (nSPS) is 11.4. The number of amides is 3. The summed E-state index contributed by atoms with van der Waals surface area (Å²) in [5.74, 6) is -1.76. The third kappa shape index (κ3) is 8.63. The van der Waals surface area contributed by atoms with Crippen LogP contribution < -0.4 is 16.0 Å². The molecule has 5 aromatic rings. The second-order valence-electron chi connectivity index (χ2n) is 10.2. The molecule has 1 aromatic heterocycles. The lowest BCUT2D eigenvalue weighted by atomic mass is 10.1. The first-order valence-corrected chi connectivity index (χ1v) is 16.3. The molecule has 47 heavy (non-hydrogen) atoms. The van der Waals surface area contributed by atoms with Crippen LogP contribution in [0.2, 0.25) is 0 Å². The predicted octanol–water partition coefficient (Wildman–Crippen LogP) is 8.22. The molecular weight excluding hydrogens is 631 g/mol. The highest BCUT2D eigenvalue weighted by Gasteiger charge is 2.29. The van der Waals surface area contributed by atoms with Crippen molar-refractivity contribution in [2.24, 2.45) is 0 Å². The summed E-state index contributed by atoms with van der Waals surface area (Å²) in [6.07, 6.45) is 3.20. The summed E-state index contributed by atoms with van der Waals surface area (Å²) in [6.45, 7) is 1.65. The van der Waals surface area contributed by atoms with E-state index in [0.717, 1.165) is 27.4 Å². The van der Waals surface area contributed by atoms with Crippen LogP contribution in [0.1, 0.15) is 42.0 Å². The van der Waals surface area contributed by atoms with Crippen molar-refractivity contribution in [3.63, 3.8) is 0 Å². The van der Waals surface area contributed by atoms with Gasteiger partial charge in [-0.3, -0.25) is 14.4 Å². The molecular formula is C37H31N3O5S2. The zero-order valence-electron chi connectivity index (χ0n) is 25.6. The van der Waals surface area contributed by atoms with Gasteiger partial charge in [-0.2, -0.15) is 0 Å². The van der Waals surface area contributed by atoms with Crippen molar-refractivity contribution in [2.45, 2.75) is 17.1 Å². The van der Waals surface area contributed by atoms with Gasteiger partial charge in [0, 0.05) is 22.3 Å². The molecule has 0 radical (unpaired) electrons. The van der Waals surface area contributed by atoms with E-state index < -0.39 is 23.0 Å². The van der Waals surface area contributed by atoms with E-state index in [1.165, 1.54) is 24.9 Å². The number of methoxy groups -OCH3 is 1. The summed E-state index contributed by atoms with van der Waals surface area (Å²) in [7, 11) is 1.25. The zero-order chi connectivity index (χ0) is 33.2. The molecule has 1 atom stereocenters. The van der Waals surface area contributed by atoms with Crippen LogP contribution in [0, 0.1) is 6.92 Å². The maximum absolute atomic E-state index is 14.0. The highest BCUT2D eigenvalue weighted by molar-refractivity contribution is 8.00. The van der Waals surface area contributed by atoms with E-state index in [-0.39, 0.29) is 21.3 Å². The van der Waals surface area contributed by atoms with Crippen LogP contribution in [0.25, 0.3) is 6.08 Å². The number of esters is 1. The molecule has 10 heteroatoms. The minimum absolute atomic E-state index is 0.120. The Kier molecular flexibility index (Phi) is 11.0. The van der Waals surface area contributed by atoms with Gasteiger partial charge in [0.15, 0.2) is 0 Å². The summed E-state index contributed by atoms with van der Waals surface area (Å²) >= 11 is 2.30. The van der Waals surface area contributed by atoms with Crippen LogP contribution in [0.5, 0.6) is 0 Å². The quantitative estimate of drug-likeness (QED) is 0.0747. The maximum atomic E-state index is 14.0. The van der Waals surface area contributed by atoms with Gasteiger partial charge in [-0.1, -0.05) is 84.9 Å². The third-order valence-corrected chi connectivity index (χ3v) is 9.39. The van der Waals surface area contributed by atoms with Gasteiger partial charge >= 0.3 is 5.97 Å².